The van der Waals surface area contributed by atoms with Crippen LogP contribution in [-0.4, -0.2) is 19.0 Å². The van der Waals surface area contributed by atoms with Gasteiger partial charge in [0.05, 0.1) is 0 Å². The maximum Gasteiger partial charge on any atom is 0.182 e. The van der Waals surface area contributed by atoms with E-state index in [1.165, 1.54) is 0 Å². The zero-order valence-corrected chi connectivity index (χ0v) is 6.46. The molecule has 0 saturated carbocycles. The molecule has 1 aliphatic rings. The van der Waals surface area contributed by atoms with E-state index < -0.39 is 12.5 Å². The van der Waals surface area contributed by atoms with Crippen molar-refractivity contribution in [1.29, 1.82) is 0 Å². The Bertz CT molecular complexity index is 81.8. The number of alkyl halides is 2. The second-order valence-electron chi connectivity index (χ2n) is 2.37. The molecule has 4 heteroatoms. The molecule has 1 aliphatic heterocycles. The van der Waals surface area contributed by atoms with Gasteiger partial charge in [-0.25, -0.2) is 8.78 Å². The molecular formula is C6H12ClF2N. The van der Waals surface area contributed by atoms with E-state index in [0.717, 1.165) is 12.8 Å². The van der Waals surface area contributed by atoms with Gasteiger partial charge in [0.1, 0.15) is 6.17 Å². The molecule has 0 bridgehead atoms. The zero-order valence-electron chi connectivity index (χ0n) is 5.65. The molecule has 1 fully saturated rings. The third kappa shape index (κ3) is 2.80. The summed E-state index contributed by atoms with van der Waals surface area (Å²) in [5.74, 6) is 0. The largest absolute Gasteiger partial charge is 0.285 e. The van der Waals surface area contributed by atoms with Gasteiger partial charge < -0.3 is 0 Å². The van der Waals surface area contributed by atoms with Crippen LogP contribution in [0.15, 0.2) is 0 Å². The van der Waals surface area contributed by atoms with Gasteiger partial charge in [0.25, 0.3) is 0 Å². The first-order valence-corrected chi connectivity index (χ1v) is 3.32. The summed E-state index contributed by atoms with van der Waals surface area (Å²) in [6.07, 6.45) is -0.649. The van der Waals surface area contributed by atoms with E-state index in [4.69, 9.17) is 0 Å². The van der Waals surface area contributed by atoms with Crippen molar-refractivity contribution in [2.24, 2.45) is 0 Å². The molecule has 0 aliphatic carbocycles. The standard InChI is InChI=1S/C6H11F2N.ClH/c7-5-3-1-2-4-9-6(5)8;/h5-6,9H,1-4H2;1H. The minimum Gasteiger partial charge on any atom is -0.285 e. The average Bonchev–Trinajstić information content (AvgIpc) is 1.99. The fraction of sp³-hybridized carbons (Fsp3) is 1.00. The lowest BCUT2D eigenvalue weighted by Crippen LogP contribution is -2.31. The highest BCUT2D eigenvalue weighted by molar-refractivity contribution is 5.85. The van der Waals surface area contributed by atoms with Crippen LogP contribution < -0.4 is 5.32 Å². The Morgan fingerprint density at radius 3 is 2.60 bits per heavy atom. The first-order valence-electron chi connectivity index (χ1n) is 3.32. The van der Waals surface area contributed by atoms with Gasteiger partial charge in [-0.15, -0.1) is 12.4 Å². The fourth-order valence-corrected chi connectivity index (χ4v) is 0.978. The summed E-state index contributed by atoms with van der Waals surface area (Å²) in [5.41, 5.74) is 0. The SMILES string of the molecule is Cl.FC1CCCCNC1F. The Morgan fingerprint density at radius 1 is 1.20 bits per heavy atom. The van der Waals surface area contributed by atoms with Crippen molar-refractivity contribution < 1.29 is 8.78 Å². The van der Waals surface area contributed by atoms with Crippen LogP contribution in [0.25, 0.3) is 0 Å². The van der Waals surface area contributed by atoms with Gasteiger partial charge in [-0.05, 0) is 25.8 Å². The van der Waals surface area contributed by atoms with Crippen LogP contribution in [0.5, 0.6) is 0 Å². The van der Waals surface area contributed by atoms with Crippen molar-refractivity contribution in [2.75, 3.05) is 6.54 Å². The van der Waals surface area contributed by atoms with Crippen LogP contribution in [0.4, 0.5) is 8.78 Å². The predicted molar refractivity (Wildman–Crippen MR) is 38.9 cm³/mol. The molecular weight excluding hydrogens is 160 g/mol. The Labute approximate surface area is 65.6 Å². The lowest BCUT2D eigenvalue weighted by molar-refractivity contribution is 0.139. The van der Waals surface area contributed by atoms with E-state index in [1.54, 1.807) is 0 Å². The van der Waals surface area contributed by atoms with Crippen LogP contribution in [0.1, 0.15) is 19.3 Å². The highest BCUT2D eigenvalue weighted by atomic mass is 35.5. The maximum absolute atomic E-state index is 12.4. The molecule has 1 saturated heterocycles. The Morgan fingerprint density at radius 2 is 1.90 bits per heavy atom. The van der Waals surface area contributed by atoms with Gasteiger partial charge in [0.2, 0.25) is 0 Å². The molecule has 62 valence electrons. The van der Waals surface area contributed by atoms with E-state index in [9.17, 15) is 8.78 Å². The molecule has 1 nitrogen and oxygen atoms in total. The van der Waals surface area contributed by atoms with Crippen LogP contribution in [0.2, 0.25) is 0 Å². The van der Waals surface area contributed by atoms with Crippen molar-refractivity contribution in [2.45, 2.75) is 31.7 Å². The quantitative estimate of drug-likeness (QED) is 0.549. The predicted octanol–water partition coefficient (Wildman–Crippen LogP) is 1.82. The van der Waals surface area contributed by atoms with E-state index in [-0.39, 0.29) is 12.4 Å². The fourth-order valence-electron chi connectivity index (χ4n) is 0.978. The summed E-state index contributed by atoms with van der Waals surface area (Å²) in [7, 11) is 0. The maximum atomic E-state index is 12.4. The van der Waals surface area contributed by atoms with Crippen molar-refractivity contribution in [3.05, 3.63) is 0 Å². The van der Waals surface area contributed by atoms with E-state index in [0.29, 0.717) is 13.0 Å². The minimum absolute atomic E-state index is 0. The third-order valence-corrected chi connectivity index (χ3v) is 1.56. The van der Waals surface area contributed by atoms with Crippen LogP contribution >= 0.6 is 12.4 Å². The normalized spacial score (nSPS) is 34.2. The summed E-state index contributed by atoms with van der Waals surface area (Å²) >= 11 is 0. The first-order chi connectivity index (χ1) is 4.30. The molecule has 0 amide bonds. The molecule has 1 N–H and O–H groups in total. The van der Waals surface area contributed by atoms with Gasteiger partial charge in [0, 0.05) is 0 Å². The molecule has 0 aromatic rings. The molecule has 10 heavy (non-hydrogen) atoms. The molecule has 0 aromatic carbocycles. The van der Waals surface area contributed by atoms with Gasteiger partial charge in [-0.2, -0.15) is 0 Å². The monoisotopic (exact) mass is 171 g/mol. The van der Waals surface area contributed by atoms with Crippen LogP contribution in [0, 0.1) is 0 Å². The smallest absolute Gasteiger partial charge is 0.182 e. The number of hydrogen-bond acceptors (Lipinski definition) is 1. The summed E-state index contributed by atoms with van der Waals surface area (Å²) in [6.45, 7) is 0.613. The van der Waals surface area contributed by atoms with Crippen molar-refractivity contribution in [3.8, 4) is 0 Å². The molecule has 0 radical (unpaired) electrons. The van der Waals surface area contributed by atoms with E-state index >= 15 is 0 Å². The minimum atomic E-state index is -1.42. The molecule has 0 aromatic heterocycles. The first kappa shape index (κ1) is 10.1. The lowest BCUT2D eigenvalue weighted by atomic mass is 10.2. The number of nitrogens with one attached hydrogen (secondary N) is 1. The van der Waals surface area contributed by atoms with E-state index in [1.807, 2.05) is 0 Å². The van der Waals surface area contributed by atoms with Crippen molar-refractivity contribution in [1.82, 2.24) is 5.32 Å². The number of hydrogen-bond donors (Lipinski definition) is 1. The number of rotatable bonds is 0. The zero-order chi connectivity index (χ0) is 6.69. The Kier molecular flexibility index (Phi) is 4.91. The van der Waals surface area contributed by atoms with Crippen molar-refractivity contribution >= 4 is 12.4 Å². The highest BCUT2D eigenvalue weighted by Crippen LogP contribution is 2.13. The Balaban J connectivity index is 0.000000810. The second-order valence-corrected chi connectivity index (χ2v) is 2.37. The van der Waals surface area contributed by atoms with Crippen LogP contribution in [-0.2, 0) is 0 Å². The lowest BCUT2D eigenvalue weighted by Gasteiger charge is -2.08. The average molecular weight is 172 g/mol. The van der Waals surface area contributed by atoms with Crippen molar-refractivity contribution in [3.63, 3.8) is 0 Å². The summed E-state index contributed by atoms with van der Waals surface area (Å²) in [4.78, 5) is 0. The van der Waals surface area contributed by atoms with Gasteiger partial charge in [0.15, 0.2) is 6.30 Å². The summed E-state index contributed by atoms with van der Waals surface area (Å²) in [5, 5.41) is 2.45. The topological polar surface area (TPSA) is 12.0 Å². The molecule has 0 spiro atoms. The molecule has 1 rings (SSSR count). The molecule has 2 unspecified atom stereocenters. The van der Waals surface area contributed by atoms with Gasteiger partial charge in [-0.1, -0.05) is 0 Å². The van der Waals surface area contributed by atoms with Gasteiger partial charge >= 0.3 is 0 Å². The second kappa shape index (κ2) is 4.85. The van der Waals surface area contributed by atoms with E-state index in [2.05, 4.69) is 5.32 Å². The third-order valence-electron chi connectivity index (χ3n) is 1.56. The van der Waals surface area contributed by atoms with Gasteiger partial charge in [-0.3, -0.25) is 5.32 Å². The van der Waals surface area contributed by atoms with Crippen LogP contribution in [0.3, 0.4) is 0 Å². The molecule has 2 atom stereocenters. The highest BCUT2D eigenvalue weighted by Gasteiger charge is 2.21. The summed E-state index contributed by atoms with van der Waals surface area (Å²) in [6, 6.07) is 0. The number of halogens is 3. The Hall–Kier alpha value is 0.110. The molecule has 1 heterocycles. The summed E-state index contributed by atoms with van der Waals surface area (Å²) < 4.78 is 24.8.